The maximum Gasteiger partial charge on any atom is 0.0675 e. The molecule has 0 aliphatic rings. The Balaban J connectivity index is 2.81. The second-order valence-electron chi connectivity index (χ2n) is 3.15. The van der Waals surface area contributed by atoms with Crippen molar-refractivity contribution in [3.8, 4) is 0 Å². The van der Waals surface area contributed by atoms with E-state index < -0.39 is 0 Å². The molecule has 2 heteroatoms. The van der Waals surface area contributed by atoms with Gasteiger partial charge in [-0.05, 0) is 31.0 Å². The molecule has 1 rings (SSSR count). The van der Waals surface area contributed by atoms with E-state index in [-0.39, 0.29) is 0 Å². The second-order valence-corrected chi connectivity index (χ2v) is 3.15. The van der Waals surface area contributed by atoms with Gasteiger partial charge in [-0.25, -0.2) is 0 Å². The quantitative estimate of drug-likeness (QED) is 0.557. The molecule has 0 bridgehead atoms. The third-order valence-electron chi connectivity index (χ3n) is 1.88. The van der Waals surface area contributed by atoms with Gasteiger partial charge in [-0.2, -0.15) is 0 Å². The summed E-state index contributed by atoms with van der Waals surface area (Å²) >= 11 is 0. The van der Waals surface area contributed by atoms with Gasteiger partial charge in [0.2, 0.25) is 0 Å². The van der Waals surface area contributed by atoms with E-state index in [0.717, 1.165) is 24.2 Å². The number of aliphatic imine (C=N–C) groups is 1. The molecular weight excluding hydrogens is 160 g/mol. The molecule has 0 saturated heterocycles. The van der Waals surface area contributed by atoms with E-state index in [1.165, 1.54) is 5.56 Å². The fraction of sp³-hybridized carbons (Fsp3) is 0.364. The number of nitrogens with two attached hydrogens (primary N) is 1. The van der Waals surface area contributed by atoms with Crippen LogP contribution in [0.4, 0.5) is 11.4 Å². The molecule has 0 aliphatic carbocycles. The minimum atomic E-state index is 0.772. The average Bonchev–Trinajstić information content (AvgIpc) is 2.11. The number of hydrogen-bond acceptors (Lipinski definition) is 2. The van der Waals surface area contributed by atoms with E-state index in [4.69, 9.17) is 5.73 Å². The molecule has 0 saturated carbocycles. The van der Waals surface area contributed by atoms with E-state index in [1.54, 1.807) is 0 Å². The zero-order valence-electron chi connectivity index (χ0n) is 8.25. The Morgan fingerprint density at radius 1 is 1.46 bits per heavy atom. The molecule has 2 nitrogen and oxygen atoms in total. The SMILES string of the molecule is CCC/C=N\c1cc(N)ccc1C. The fourth-order valence-corrected chi connectivity index (χ4v) is 1.06. The van der Waals surface area contributed by atoms with Gasteiger partial charge in [0.25, 0.3) is 0 Å². The summed E-state index contributed by atoms with van der Waals surface area (Å²) in [4.78, 5) is 4.35. The lowest BCUT2D eigenvalue weighted by Crippen LogP contribution is -1.84. The smallest absolute Gasteiger partial charge is 0.0675 e. The molecular formula is C11H16N2. The van der Waals surface area contributed by atoms with Crippen molar-refractivity contribution in [2.45, 2.75) is 26.7 Å². The minimum Gasteiger partial charge on any atom is -0.399 e. The molecule has 1 aromatic rings. The van der Waals surface area contributed by atoms with Gasteiger partial charge in [-0.3, -0.25) is 4.99 Å². The molecule has 0 radical (unpaired) electrons. The maximum atomic E-state index is 5.66. The molecule has 2 N–H and O–H groups in total. The summed E-state index contributed by atoms with van der Waals surface area (Å²) in [7, 11) is 0. The van der Waals surface area contributed by atoms with Crippen LogP contribution in [0.1, 0.15) is 25.3 Å². The molecule has 0 aliphatic heterocycles. The number of nitrogen functional groups attached to an aromatic ring is 1. The second kappa shape index (κ2) is 4.65. The molecule has 0 unspecified atom stereocenters. The Kier molecular flexibility index (Phi) is 3.50. The van der Waals surface area contributed by atoms with Crippen molar-refractivity contribution in [2.24, 2.45) is 4.99 Å². The first-order valence-electron chi connectivity index (χ1n) is 4.62. The van der Waals surface area contributed by atoms with Gasteiger partial charge < -0.3 is 5.73 Å². The first-order valence-corrected chi connectivity index (χ1v) is 4.62. The molecule has 13 heavy (non-hydrogen) atoms. The molecule has 0 spiro atoms. The number of benzene rings is 1. The molecule has 70 valence electrons. The number of unbranched alkanes of at least 4 members (excludes halogenated alkanes) is 1. The van der Waals surface area contributed by atoms with Crippen LogP contribution < -0.4 is 5.73 Å². The van der Waals surface area contributed by atoms with Gasteiger partial charge in [0.15, 0.2) is 0 Å². The predicted octanol–water partition coefficient (Wildman–Crippen LogP) is 3.08. The Bertz CT molecular complexity index is 303. The van der Waals surface area contributed by atoms with Crippen LogP contribution in [0.15, 0.2) is 23.2 Å². The van der Waals surface area contributed by atoms with E-state index in [0.29, 0.717) is 0 Å². The highest BCUT2D eigenvalue weighted by Crippen LogP contribution is 2.20. The van der Waals surface area contributed by atoms with Crippen molar-refractivity contribution in [1.82, 2.24) is 0 Å². The number of nitrogens with zero attached hydrogens (tertiary/aromatic N) is 1. The van der Waals surface area contributed by atoms with Crippen LogP contribution in [0.25, 0.3) is 0 Å². The first kappa shape index (κ1) is 9.78. The average molecular weight is 176 g/mol. The molecule has 0 heterocycles. The maximum absolute atomic E-state index is 5.66. The Morgan fingerprint density at radius 3 is 2.92 bits per heavy atom. The number of aryl methyl sites for hydroxylation is 1. The summed E-state index contributed by atoms with van der Waals surface area (Å²) in [5, 5.41) is 0. The standard InChI is InChI=1S/C11H16N2/c1-3-4-7-13-11-8-10(12)6-5-9(11)2/h5-8H,3-4,12H2,1-2H3/b13-7-. The molecule has 1 aromatic carbocycles. The van der Waals surface area contributed by atoms with Crippen LogP contribution in [0, 0.1) is 6.92 Å². The summed E-state index contributed by atoms with van der Waals surface area (Å²) < 4.78 is 0. The summed E-state index contributed by atoms with van der Waals surface area (Å²) in [5.74, 6) is 0. The van der Waals surface area contributed by atoms with E-state index in [2.05, 4.69) is 11.9 Å². The van der Waals surface area contributed by atoms with E-state index in [1.807, 2.05) is 31.3 Å². The fourth-order valence-electron chi connectivity index (χ4n) is 1.06. The van der Waals surface area contributed by atoms with Crippen LogP contribution in [0.3, 0.4) is 0 Å². The van der Waals surface area contributed by atoms with Gasteiger partial charge in [-0.1, -0.05) is 19.4 Å². The van der Waals surface area contributed by atoms with Crippen molar-refractivity contribution in [2.75, 3.05) is 5.73 Å². The monoisotopic (exact) mass is 176 g/mol. The zero-order chi connectivity index (χ0) is 9.68. The topological polar surface area (TPSA) is 38.4 Å². The lowest BCUT2D eigenvalue weighted by Gasteiger charge is -2.00. The van der Waals surface area contributed by atoms with Crippen LogP contribution in [-0.2, 0) is 0 Å². The normalized spacial score (nSPS) is 10.9. The zero-order valence-corrected chi connectivity index (χ0v) is 8.25. The number of anilines is 1. The highest BCUT2D eigenvalue weighted by molar-refractivity contribution is 5.66. The Morgan fingerprint density at radius 2 is 2.23 bits per heavy atom. The highest BCUT2D eigenvalue weighted by atomic mass is 14.7. The number of rotatable bonds is 3. The molecule has 0 atom stereocenters. The minimum absolute atomic E-state index is 0.772. The van der Waals surface area contributed by atoms with Crippen LogP contribution in [0.2, 0.25) is 0 Å². The van der Waals surface area contributed by atoms with Crippen molar-refractivity contribution in [3.05, 3.63) is 23.8 Å². The largest absolute Gasteiger partial charge is 0.399 e. The summed E-state index contributed by atoms with van der Waals surface area (Å²) in [6.07, 6.45) is 4.10. The van der Waals surface area contributed by atoms with E-state index >= 15 is 0 Å². The van der Waals surface area contributed by atoms with E-state index in [9.17, 15) is 0 Å². The first-order chi connectivity index (χ1) is 6.24. The lowest BCUT2D eigenvalue weighted by molar-refractivity contribution is 1.01. The van der Waals surface area contributed by atoms with Crippen molar-refractivity contribution in [3.63, 3.8) is 0 Å². The Hall–Kier alpha value is -1.31. The molecule has 0 amide bonds. The van der Waals surface area contributed by atoms with Gasteiger partial charge in [0.05, 0.1) is 5.69 Å². The lowest BCUT2D eigenvalue weighted by atomic mass is 10.2. The van der Waals surface area contributed by atoms with Crippen molar-refractivity contribution in [1.29, 1.82) is 0 Å². The van der Waals surface area contributed by atoms with Gasteiger partial charge >= 0.3 is 0 Å². The molecule has 0 fully saturated rings. The molecule has 0 aromatic heterocycles. The third kappa shape index (κ3) is 2.90. The summed E-state index contributed by atoms with van der Waals surface area (Å²) in [6.45, 7) is 4.18. The summed E-state index contributed by atoms with van der Waals surface area (Å²) in [5.41, 5.74) is 8.58. The van der Waals surface area contributed by atoms with Gasteiger partial charge in [-0.15, -0.1) is 0 Å². The van der Waals surface area contributed by atoms with Crippen LogP contribution in [0.5, 0.6) is 0 Å². The predicted molar refractivity (Wildman–Crippen MR) is 58.7 cm³/mol. The third-order valence-corrected chi connectivity index (χ3v) is 1.88. The van der Waals surface area contributed by atoms with Crippen LogP contribution >= 0.6 is 0 Å². The van der Waals surface area contributed by atoms with Gasteiger partial charge in [0, 0.05) is 11.9 Å². The van der Waals surface area contributed by atoms with Crippen LogP contribution in [-0.4, -0.2) is 6.21 Å². The van der Waals surface area contributed by atoms with Crippen molar-refractivity contribution >= 4 is 17.6 Å². The van der Waals surface area contributed by atoms with Crippen molar-refractivity contribution < 1.29 is 0 Å². The number of hydrogen-bond donors (Lipinski definition) is 1. The Labute approximate surface area is 79.5 Å². The van der Waals surface area contributed by atoms with Gasteiger partial charge in [0.1, 0.15) is 0 Å². The summed E-state index contributed by atoms with van der Waals surface area (Å²) in [6, 6.07) is 5.80. The highest BCUT2D eigenvalue weighted by Gasteiger charge is 1.94.